The minimum atomic E-state index is -0.0252. The number of fused-ring (bicyclic) bond motifs is 1. The lowest BCUT2D eigenvalue weighted by Gasteiger charge is -2.20. The number of benzene rings is 2. The van der Waals surface area contributed by atoms with Crippen LogP contribution in [-0.2, 0) is 11.3 Å². The van der Waals surface area contributed by atoms with Gasteiger partial charge in [0.05, 0.1) is 6.54 Å². The molecule has 1 aliphatic heterocycles. The molecule has 0 fully saturated rings. The van der Waals surface area contributed by atoms with Crippen LogP contribution >= 0.6 is 0 Å². The Hall–Kier alpha value is -2.53. The molecule has 0 aliphatic carbocycles. The van der Waals surface area contributed by atoms with Crippen LogP contribution in [-0.4, -0.2) is 30.7 Å². The normalized spacial score (nSPS) is 12.4. The maximum absolute atomic E-state index is 12.2. The van der Waals surface area contributed by atoms with Crippen molar-refractivity contribution in [2.45, 2.75) is 13.5 Å². The third-order valence-electron chi connectivity index (χ3n) is 3.74. The van der Waals surface area contributed by atoms with Crippen LogP contribution in [0, 0.1) is 0 Å². The van der Waals surface area contributed by atoms with Gasteiger partial charge in [-0.1, -0.05) is 37.3 Å². The first kappa shape index (κ1) is 15.4. The van der Waals surface area contributed by atoms with Crippen LogP contribution in [0.5, 0.6) is 11.5 Å². The number of ether oxygens (including phenoxy) is 2. The zero-order chi connectivity index (χ0) is 16.1. The molecule has 1 aliphatic rings. The van der Waals surface area contributed by atoms with E-state index in [2.05, 4.69) is 10.2 Å². The predicted molar refractivity (Wildman–Crippen MR) is 88.6 cm³/mol. The van der Waals surface area contributed by atoms with E-state index in [1.807, 2.05) is 55.5 Å². The fourth-order valence-corrected chi connectivity index (χ4v) is 2.56. The van der Waals surface area contributed by atoms with Gasteiger partial charge >= 0.3 is 0 Å². The number of nitrogens with one attached hydrogen (secondary N) is 1. The van der Waals surface area contributed by atoms with E-state index in [1.165, 1.54) is 0 Å². The lowest BCUT2D eigenvalue weighted by atomic mass is 10.1. The smallest absolute Gasteiger partial charge is 0.238 e. The summed E-state index contributed by atoms with van der Waals surface area (Å²) in [5.74, 6) is 1.53. The summed E-state index contributed by atoms with van der Waals surface area (Å²) in [6, 6.07) is 15.3. The Bertz CT molecular complexity index is 673. The molecular weight excluding hydrogens is 292 g/mol. The molecule has 0 radical (unpaired) electrons. The number of nitrogens with zero attached hydrogens (tertiary/aromatic N) is 1. The van der Waals surface area contributed by atoms with Crippen molar-refractivity contribution in [2.75, 3.05) is 25.2 Å². The summed E-state index contributed by atoms with van der Waals surface area (Å²) < 4.78 is 10.9. The van der Waals surface area contributed by atoms with Crippen molar-refractivity contribution in [1.29, 1.82) is 0 Å². The molecule has 3 rings (SSSR count). The third kappa shape index (κ3) is 3.81. The van der Waals surface area contributed by atoms with Crippen molar-refractivity contribution in [1.82, 2.24) is 4.90 Å². The zero-order valence-electron chi connectivity index (χ0n) is 13.1. The van der Waals surface area contributed by atoms with Gasteiger partial charge in [0.1, 0.15) is 0 Å². The van der Waals surface area contributed by atoms with Gasteiger partial charge in [0, 0.05) is 17.8 Å². The number of carbonyl (C=O) groups is 1. The molecule has 0 spiro atoms. The first-order valence-electron chi connectivity index (χ1n) is 7.71. The zero-order valence-corrected chi connectivity index (χ0v) is 13.1. The van der Waals surface area contributed by atoms with E-state index in [0.29, 0.717) is 13.1 Å². The lowest BCUT2D eigenvalue weighted by Crippen LogP contribution is -2.32. The molecule has 1 amide bonds. The summed E-state index contributed by atoms with van der Waals surface area (Å²) >= 11 is 0. The van der Waals surface area contributed by atoms with Gasteiger partial charge < -0.3 is 14.8 Å². The molecular formula is C18H20N2O3. The quantitative estimate of drug-likeness (QED) is 0.891. The molecule has 2 aromatic carbocycles. The number of amides is 1. The van der Waals surface area contributed by atoms with Gasteiger partial charge in [-0.2, -0.15) is 0 Å². The van der Waals surface area contributed by atoms with Crippen molar-refractivity contribution in [3.8, 4) is 11.5 Å². The number of rotatable bonds is 6. The topological polar surface area (TPSA) is 50.8 Å². The van der Waals surface area contributed by atoms with Crippen LogP contribution in [0.2, 0.25) is 0 Å². The Morgan fingerprint density at radius 1 is 1.13 bits per heavy atom. The van der Waals surface area contributed by atoms with Gasteiger partial charge in [-0.25, -0.2) is 0 Å². The number of hydrogen-bond donors (Lipinski definition) is 1. The number of anilines is 1. The molecule has 0 saturated carbocycles. The van der Waals surface area contributed by atoms with Crippen molar-refractivity contribution >= 4 is 11.6 Å². The number of likely N-dealkylation sites (N-methyl/N-ethyl adjacent to an activating group) is 1. The van der Waals surface area contributed by atoms with Crippen molar-refractivity contribution in [3.05, 3.63) is 54.1 Å². The van der Waals surface area contributed by atoms with Gasteiger partial charge in [0.25, 0.3) is 0 Å². The van der Waals surface area contributed by atoms with Crippen LogP contribution < -0.4 is 14.8 Å². The van der Waals surface area contributed by atoms with Gasteiger partial charge in [-0.3, -0.25) is 9.69 Å². The maximum atomic E-state index is 12.2. The fourth-order valence-electron chi connectivity index (χ4n) is 2.56. The number of carbonyl (C=O) groups excluding carboxylic acids is 1. The van der Waals surface area contributed by atoms with E-state index in [-0.39, 0.29) is 12.7 Å². The molecule has 0 aromatic heterocycles. The predicted octanol–water partition coefficient (Wildman–Crippen LogP) is 2.88. The van der Waals surface area contributed by atoms with Crippen LogP contribution in [0.4, 0.5) is 5.69 Å². The van der Waals surface area contributed by atoms with Crippen molar-refractivity contribution in [2.24, 2.45) is 0 Å². The molecule has 0 unspecified atom stereocenters. The van der Waals surface area contributed by atoms with Crippen LogP contribution in [0.1, 0.15) is 12.5 Å². The summed E-state index contributed by atoms with van der Waals surface area (Å²) in [5, 5.41) is 2.91. The van der Waals surface area contributed by atoms with Crippen LogP contribution in [0.25, 0.3) is 0 Å². The standard InChI is InChI=1S/C18H20N2O3/c1-2-20(12-17(21)19-15-8-4-3-5-9-15)11-14-7-6-10-16-18(14)23-13-22-16/h3-10H,2,11-13H2,1H3,(H,19,21). The minimum absolute atomic E-state index is 0.0252. The Labute approximate surface area is 135 Å². The highest BCUT2D eigenvalue weighted by Crippen LogP contribution is 2.35. The minimum Gasteiger partial charge on any atom is -0.454 e. The van der Waals surface area contributed by atoms with E-state index in [9.17, 15) is 4.79 Å². The summed E-state index contributed by atoms with van der Waals surface area (Å²) in [7, 11) is 0. The maximum Gasteiger partial charge on any atom is 0.238 e. The second-order valence-electron chi connectivity index (χ2n) is 5.37. The Morgan fingerprint density at radius 3 is 2.74 bits per heavy atom. The first-order valence-corrected chi connectivity index (χ1v) is 7.71. The second-order valence-corrected chi connectivity index (χ2v) is 5.37. The third-order valence-corrected chi connectivity index (χ3v) is 3.74. The number of para-hydroxylation sites is 2. The SMILES string of the molecule is CCN(CC(=O)Nc1ccccc1)Cc1cccc2c1OCO2. The van der Waals surface area contributed by atoms with Crippen LogP contribution in [0.15, 0.2) is 48.5 Å². The summed E-state index contributed by atoms with van der Waals surface area (Å²) in [4.78, 5) is 14.3. The Morgan fingerprint density at radius 2 is 1.96 bits per heavy atom. The Balaban J connectivity index is 1.62. The molecule has 5 heteroatoms. The van der Waals surface area contributed by atoms with Gasteiger partial charge in [-0.05, 0) is 24.7 Å². The molecule has 120 valence electrons. The summed E-state index contributed by atoms with van der Waals surface area (Å²) in [6.45, 7) is 4.04. The fraction of sp³-hybridized carbons (Fsp3) is 0.278. The molecule has 1 heterocycles. The average Bonchev–Trinajstić information content (AvgIpc) is 3.04. The second kappa shape index (κ2) is 7.15. The van der Waals surface area contributed by atoms with Gasteiger partial charge in [0.2, 0.25) is 12.7 Å². The first-order chi connectivity index (χ1) is 11.3. The summed E-state index contributed by atoms with van der Waals surface area (Å²) in [5.41, 5.74) is 1.85. The molecule has 1 N–H and O–H groups in total. The van der Waals surface area contributed by atoms with E-state index in [0.717, 1.165) is 29.3 Å². The molecule has 0 saturated heterocycles. The van der Waals surface area contributed by atoms with Gasteiger partial charge in [-0.15, -0.1) is 0 Å². The number of hydrogen-bond acceptors (Lipinski definition) is 4. The molecule has 0 atom stereocenters. The molecule has 23 heavy (non-hydrogen) atoms. The van der Waals surface area contributed by atoms with E-state index >= 15 is 0 Å². The largest absolute Gasteiger partial charge is 0.454 e. The molecule has 0 bridgehead atoms. The average molecular weight is 312 g/mol. The van der Waals surface area contributed by atoms with Crippen molar-refractivity contribution < 1.29 is 14.3 Å². The Kier molecular flexibility index (Phi) is 4.78. The highest BCUT2D eigenvalue weighted by atomic mass is 16.7. The monoisotopic (exact) mass is 312 g/mol. The van der Waals surface area contributed by atoms with E-state index in [4.69, 9.17) is 9.47 Å². The van der Waals surface area contributed by atoms with E-state index < -0.39 is 0 Å². The van der Waals surface area contributed by atoms with Crippen LogP contribution in [0.3, 0.4) is 0 Å². The van der Waals surface area contributed by atoms with Crippen molar-refractivity contribution in [3.63, 3.8) is 0 Å². The van der Waals surface area contributed by atoms with Gasteiger partial charge in [0.15, 0.2) is 11.5 Å². The molecule has 5 nitrogen and oxygen atoms in total. The van der Waals surface area contributed by atoms with E-state index in [1.54, 1.807) is 0 Å². The summed E-state index contributed by atoms with van der Waals surface area (Å²) in [6.07, 6.45) is 0. The highest BCUT2D eigenvalue weighted by Gasteiger charge is 2.19. The highest BCUT2D eigenvalue weighted by molar-refractivity contribution is 5.92. The molecule has 2 aromatic rings. The lowest BCUT2D eigenvalue weighted by molar-refractivity contribution is -0.117.